The standard InChI is InChI=1S/C11H19N5OS/c1-5-13-8-6-9(16-11(15-8)18-4)14-7(2)10(17)12-3/h6-7H,5H2,1-4H3,(H,12,17)(H2,13,14,15,16). The maximum atomic E-state index is 11.4. The van der Waals surface area contributed by atoms with Crippen molar-refractivity contribution in [2.24, 2.45) is 0 Å². The highest BCUT2D eigenvalue weighted by Crippen LogP contribution is 2.17. The van der Waals surface area contributed by atoms with Gasteiger partial charge in [-0.15, -0.1) is 0 Å². The lowest BCUT2D eigenvalue weighted by atomic mass is 10.3. The second-order valence-corrected chi connectivity index (χ2v) is 4.41. The summed E-state index contributed by atoms with van der Waals surface area (Å²) in [5.74, 6) is 1.31. The Morgan fingerprint density at radius 3 is 2.67 bits per heavy atom. The molecule has 0 spiro atoms. The molecule has 100 valence electrons. The molecule has 3 N–H and O–H groups in total. The van der Waals surface area contributed by atoms with Crippen molar-refractivity contribution in [2.45, 2.75) is 25.0 Å². The molecule has 0 saturated carbocycles. The fourth-order valence-corrected chi connectivity index (χ4v) is 1.75. The average Bonchev–Trinajstić information content (AvgIpc) is 2.37. The van der Waals surface area contributed by atoms with Gasteiger partial charge in [0.25, 0.3) is 0 Å². The first-order valence-corrected chi connectivity index (χ1v) is 6.98. The van der Waals surface area contributed by atoms with E-state index in [1.54, 1.807) is 20.0 Å². The van der Waals surface area contributed by atoms with E-state index < -0.39 is 0 Å². The van der Waals surface area contributed by atoms with Gasteiger partial charge < -0.3 is 16.0 Å². The predicted octanol–water partition coefficient (Wildman–Crippen LogP) is 1.18. The van der Waals surface area contributed by atoms with Crippen molar-refractivity contribution in [1.29, 1.82) is 0 Å². The summed E-state index contributed by atoms with van der Waals surface area (Å²) >= 11 is 1.46. The van der Waals surface area contributed by atoms with Crippen LogP contribution < -0.4 is 16.0 Å². The van der Waals surface area contributed by atoms with Crippen LogP contribution in [0.3, 0.4) is 0 Å². The van der Waals surface area contributed by atoms with Crippen LogP contribution in [0.1, 0.15) is 13.8 Å². The number of anilines is 2. The molecule has 1 atom stereocenters. The van der Waals surface area contributed by atoms with Crippen LogP contribution in [0.15, 0.2) is 11.2 Å². The molecule has 7 heteroatoms. The van der Waals surface area contributed by atoms with E-state index in [4.69, 9.17) is 0 Å². The third-order valence-electron chi connectivity index (χ3n) is 2.25. The molecule has 0 fully saturated rings. The summed E-state index contributed by atoms with van der Waals surface area (Å²) in [6, 6.07) is 1.46. The number of likely N-dealkylation sites (N-methyl/N-ethyl adjacent to an activating group) is 1. The highest BCUT2D eigenvalue weighted by molar-refractivity contribution is 7.98. The maximum Gasteiger partial charge on any atom is 0.241 e. The lowest BCUT2D eigenvalue weighted by Crippen LogP contribution is -2.35. The molecule has 0 aliphatic carbocycles. The molecule has 0 aliphatic rings. The molecule has 1 rings (SSSR count). The number of hydrogen-bond acceptors (Lipinski definition) is 6. The van der Waals surface area contributed by atoms with Gasteiger partial charge in [0.15, 0.2) is 5.16 Å². The van der Waals surface area contributed by atoms with Crippen molar-refractivity contribution in [1.82, 2.24) is 15.3 Å². The quantitative estimate of drug-likeness (QED) is 0.531. The van der Waals surface area contributed by atoms with Crippen molar-refractivity contribution in [3.8, 4) is 0 Å². The monoisotopic (exact) mass is 269 g/mol. The molecule has 1 unspecified atom stereocenters. The van der Waals surface area contributed by atoms with Crippen LogP contribution in [0, 0.1) is 0 Å². The van der Waals surface area contributed by atoms with Crippen LogP contribution in [0.25, 0.3) is 0 Å². The van der Waals surface area contributed by atoms with Gasteiger partial charge in [-0.1, -0.05) is 11.8 Å². The lowest BCUT2D eigenvalue weighted by molar-refractivity contribution is -0.121. The summed E-state index contributed by atoms with van der Waals surface area (Å²) in [5.41, 5.74) is 0. The van der Waals surface area contributed by atoms with Crippen LogP contribution >= 0.6 is 11.8 Å². The topological polar surface area (TPSA) is 78.9 Å². The smallest absolute Gasteiger partial charge is 0.241 e. The van der Waals surface area contributed by atoms with Crippen LogP contribution in [-0.2, 0) is 4.79 Å². The Bertz CT molecular complexity index is 412. The molecule has 0 bridgehead atoms. The Balaban J connectivity index is 2.86. The molecule has 0 aliphatic heterocycles. The first kappa shape index (κ1) is 14.6. The Kier molecular flexibility index (Phi) is 5.70. The molecule has 1 amide bonds. The van der Waals surface area contributed by atoms with E-state index in [0.29, 0.717) is 11.0 Å². The molecule has 0 radical (unpaired) electrons. The number of thioether (sulfide) groups is 1. The van der Waals surface area contributed by atoms with E-state index in [-0.39, 0.29) is 11.9 Å². The minimum absolute atomic E-state index is 0.0793. The van der Waals surface area contributed by atoms with Crippen LogP contribution in [0.2, 0.25) is 0 Å². The summed E-state index contributed by atoms with van der Waals surface area (Å²) in [4.78, 5) is 20.1. The SMILES string of the molecule is CCNc1cc(NC(C)C(=O)NC)nc(SC)n1. The minimum atomic E-state index is -0.339. The van der Waals surface area contributed by atoms with E-state index in [1.165, 1.54) is 11.8 Å². The summed E-state index contributed by atoms with van der Waals surface area (Å²) in [5, 5.41) is 9.44. The van der Waals surface area contributed by atoms with Crippen molar-refractivity contribution < 1.29 is 4.79 Å². The average molecular weight is 269 g/mol. The molecule has 1 aromatic rings. The third-order valence-corrected chi connectivity index (χ3v) is 2.80. The first-order valence-electron chi connectivity index (χ1n) is 5.75. The normalized spacial score (nSPS) is 11.8. The molecule has 0 aromatic carbocycles. The summed E-state index contributed by atoms with van der Waals surface area (Å²) in [6.07, 6.45) is 1.91. The summed E-state index contributed by atoms with van der Waals surface area (Å²) < 4.78 is 0. The van der Waals surface area contributed by atoms with Gasteiger partial charge in [-0.3, -0.25) is 4.79 Å². The number of rotatable bonds is 6. The second kappa shape index (κ2) is 7.05. The first-order chi connectivity index (χ1) is 8.60. The van der Waals surface area contributed by atoms with Crippen molar-refractivity contribution in [3.05, 3.63) is 6.07 Å². The van der Waals surface area contributed by atoms with Gasteiger partial charge in [0, 0.05) is 19.7 Å². The highest BCUT2D eigenvalue weighted by Gasteiger charge is 2.12. The van der Waals surface area contributed by atoms with Crippen molar-refractivity contribution in [2.75, 3.05) is 30.5 Å². The molecule has 6 nitrogen and oxygen atoms in total. The van der Waals surface area contributed by atoms with Gasteiger partial charge in [0.1, 0.15) is 17.7 Å². The Morgan fingerprint density at radius 1 is 1.44 bits per heavy atom. The molecular formula is C11H19N5OS. The fourth-order valence-electron chi connectivity index (χ4n) is 1.37. The third kappa shape index (κ3) is 4.06. The highest BCUT2D eigenvalue weighted by atomic mass is 32.2. The number of amides is 1. The maximum absolute atomic E-state index is 11.4. The predicted molar refractivity (Wildman–Crippen MR) is 75.1 cm³/mol. The largest absolute Gasteiger partial charge is 0.370 e. The lowest BCUT2D eigenvalue weighted by Gasteiger charge is -2.14. The van der Waals surface area contributed by atoms with E-state index in [2.05, 4.69) is 25.9 Å². The summed E-state index contributed by atoms with van der Waals surface area (Å²) in [7, 11) is 1.61. The van der Waals surface area contributed by atoms with Crippen LogP contribution in [-0.4, -0.2) is 41.8 Å². The van der Waals surface area contributed by atoms with Gasteiger partial charge in [0.05, 0.1) is 0 Å². The molecule has 1 heterocycles. The van der Waals surface area contributed by atoms with Crippen LogP contribution in [0.4, 0.5) is 11.6 Å². The molecule has 0 saturated heterocycles. The van der Waals surface area contributed by atoms with Gasteiger partial charge in [-0.05, 0) is 20.1 Å². The van der Waals surface area contributed by atoms with E-state index >= 15 is 0 Å². The molecule has 1 aromatic heterocycles. The summed E-state index contributed by atoms with van der Waals surface area (Å²) in [6.45, 7) is 4.57. The zero-order valence-electron chi connectivity index (χ0n) is 11.1. The second-order valence-electron chi connectivity index (χ2n) is 3.64. The van der Waals surface area contributed by atoms with E-state index in [0.717, 1.165) is 12.4 Å². The molecular weight excluding hydrogens is 250 g/mol. The molecule has 18 heavy (non-hydrogen) atoms. The number of carbonyl (C=O) groups is 1. The number of hydrogen-bond donors (Lipinski definition) is 3. The zero-order valence-corrected chi connectivity index (χ0v) is 11.9. The van der Waals surface area contributed by atoms with E-state index in [9.17, 15) is 4.79 Å². The number of nitrogens with zero attached hydrogens (tertiary/aromatic N) is 2. The number of nitrogens with one attached hydrogen (secondary N) is 3. The van der Waals surface area contributed by atoms with Gasteiger partial charge in [-0.25, -0.2) is 9.97 Å². The van der Waals surface area contributed by atoms with Gasteiger partial charge >= 0.3 is 0 Å². The van der Waals surface area contributed by atoms with E-state index in [1.807, 2.05) is 13.2 Å². The van der Waals surface area contributed by atoms with Crippen molar-refractivity contribution in [3.63, 3.8) is 0 Å². The minimum Gasteiger partial charge on any atom is -0.370 e. The van der Waals surface area contributed by atoms with Gasteiger partial charge in [0.2, 0.25) is 5.91 Å². The Labute approximate surface area is 111 Å². The number of carbonyl (C=O) groups excluding carboxylic acids is 1. The van der Waals surface area contributed by atoms with Crippen LogP contribution in [0.5, 0.6) is 0 Å². The van der Waals surface area contributed by atoms with Crippen molar-refractivity contribution >= 4 is 29.3 Å². The Hall–Kier alpha value is -1.50. The fraction of sp³-hybridized carbons (Fsp3) is 0.545. The number of aromatic nitrogens is 2. The van der Waals surface area contributed by atoms with Gasteiger partial charge in [-0.2, -0.15) is 0 Å². The Morgan fingerprint density at radius 2 is 2.11 bits per heavy atom. The zero-order chi connectivity index (χ0) is 13.5.